The van der Waals surface area contributed by atoms with Crippen molar-refractivity contribution >= 4 is 41.1 Å². The van der Waals surface area contributed by atoms with Crippen LogP contribution in [0.4, 0.5) is 5.69 Å². The first-order valence-corrected chi connectivity index (χ1v) is 9.67. The number of rotatable bonds is 3. The molecule has 0 spiro atoms. The number of allylic oxidation sites excluding steroid dienone is 1. The fourth-order valence-electron chi connectivity index (χ4n) is 4.48. The molecule has 2 aromatic rings. The van der Waals surface area contributed by atoms with Crippen LogP contribution in [0, 0.1) is 11.8 Å². The van der Waals surface area contributed by atoms with Crippen molar-refractivity contribution in [3.63, 3.8) is 0 Å². The maximum absolute atomic E-state index is 13.4. The molecule has 0 aliphatic carbocycles. The van der Waals surface area contributed by atoms with Gasteiger partial charge in [0.05, 0.1) is 23.6 Å². The van der Waals surface area contributed by atoms with Crippen LogP contribution < -0.4 is 4.90 Å². The van der Waals surface area contributed by atoms with Crippen LogP contribution in [0.25, 0.3) is 0 Å². The van der Waals surface area contributed by atoms with Crippen molar-refractivity contribution in [1.82, 2.24) is 5.01 Å². The summed E-state index contributed by atoms with van der Waals surface area (Å²) >= 11 is 6.07. The van der Waals surface area contributed by atoms with Gasteiger partial charge in [-0.25, -0.2) is 4.90 Å². The van der Waals surface area contributed by atoms with Gasteiger partial charge in [0.15, 0.2) is 5.78 Å². The van der Waals surface area contributed by atoms with Crippen LogP contribution in [0.3, 0.4) is 0 Å². The molecule has 0 bridgehead atoms. The van der Waals surface area contributed by atoms with Crippen molar-refractivity contribution in [3.8, 4) is 0 Å². The van der Waals surface area contributed by atoms with Gasteiger partial charge in [-0.2, -0.15) is 5.10 Å². The highest BCUT2D eigenvalue weighted by atomic mass is 35.5. The van der Waals surface area contributed by atoms with E-state index in [0.29, 0.717) is 16.3 Å². The monoisotopic (exact) mass is 405 g/mol. The van der Waals surface area contributed by atoms with E-state index < -0.39 is 29.8 Å². The van der Waals surface area contributed by atoms with E-state index in [4.69, 9.17) is 11.6 Å². The van der Waals surface area contributed by atoms with Crippen molar-refractivity contribution in [1.29, 1.82) is 0 Å². The second-order valence-corrected chi connectivity index (χ2v) is 7.67. The van der Waals surface area contributed by atoms with E-state index in [1.807, 2.05) is 12.1 Å². The average molecular weight is 406 g/mol. The van der Waals surface area contributed by atoms with Crippen LogP contribution in [0.15, 0.2) is 71.9 Å². The Morgan fingerprint density at radius 2 is 1.72 bits per heavy atom. The standard InChI is InChI=1S/C22H16ClN3O3/c23-14-8-4-9-15(12-14)25-21(28)17-16-10-5-11-24-26(16)19(18(17)22(25)29)20(27)13-6-2-1-3-7-13/h1-12,16-19H. The number of hydrogen-bond acceptors (Lipinski definition) is 5. The molecule has 3 aliphatic rings. The Bertz CT molecular complexity index is 1080. The Hall–Kier alpha value is -3.25. The Morgan fingerprint density at radius 3 is 2.48 bits per heavy atom. The minimum Gasteiger partial charge on any atom is -0.292 e. The summed E-state index contributed by atoms with van der Waals surface area (Å²) in [5.74, 6) is -2.42. The Kier molecular flexibility index (Phi) is 4.10. The summed E-state index contributed by atoms with van der Waals surface area (Å²) in [5.41, 5.74) is 0.908. The highest BCUT2D eigenvalue weighted by Crippen LogP contribution is 2.46. The topological polar surface area (TPSA) is 70.0 Å². The van der Waals surface area contributed by atoms with Crippen LogP contribution in [0.1, 0.15) is 10.4 Å². The maximum atomic E-state index is 13.4. The average Bonchev–Trinajstić information content (AvgIpc) is 3.21. The van der Waals surface area contributed by atoms with Crippen LogP contribution in [-0.4, -0.2) is 40.9 Å². The number of benzene rings is 2. The zero-order chi connectivity index (χ0) is 20.1. The second kappa shape index (κ2) is 6.67. The number of carbonyl (C=O) groups is 3. The number of halogens is 1. The molecule has 2 amide bonds. The van der Waals surface area contributed by atoms with Gasteiger partial charge < -0.3 is 0 Å². The number of nitrogens with zero attached hydrogens (tertiary/aromatic N) is 3. The third-order valence-electron chi connectivity index (χ3n) is 5.68. The first-order valence-electron chi connectivity index (χ1n) is 9.29. The number of ketones is 1. The summed E-state index contributed by atoms with van der Waals surface area (Å²) in [5, 5.41) is 6.38. The molecule has 6 nitrogen and oxygen atoms in total. The minimum atomic E-state index is -0.839. The summed E-state index contributed by atoms with van der Waals surface area (Å²) in [4.78, 5) is 41.2. The molecule has 4 unspecified atom stereocenters. The summed E-state index contributed by atoms with van der Waals surface area (Å²) in [6.07, 6.45) is 5.15. The Morgan fingerprint density at radius 1 is 0.966 bits per heavy atom. The first kappa shape index (κ1) is 17.8. The zero-order valence-electron chi connectivity index (χ0n) is 15.2. The van der Waals surface area contributed by atoms with Gasteiger partial charge >= 0.3 is 0 Å². The molecule has 2 aromatic carbocycles. The van der Waals surface area contributed by atoms with Crippen molar-refractivity contribution in [2.24, 2.45) is 16.9 Å². The lowest BCUT2D eigenvalue weighted by Crippen LogP contribution is -2.46. The number of fused-ring (bicyclic) bond motifs is 3. The van der Waals surface area contributed by atoms with Gasteiger partial charge in [0, 0.05) is 16.8 Å². The predicted molar refractivity (Wildman–Crippen MR) is 109 cm³/mol. The van der Waals surface area contributed by atoms with Crippen molar-refractivity contribution < 1.29 is 14.4 Å². The van der Waals surface area contributed by atoms with E-state index >= 15 is 0 Å². The number of carbonyl (C=O) groups excluding carboxylic acids is 3. The molecule has 0 saturated carbocycles. The summed E-state index contributed by atoms with van der Waals surface area (Å²) < 4.78 is 0. The van der Waals surface area contributed by atoms with E-state index in [1.165, 1.54) is 0 Å². The normalized spacial score (nSPS) is 27.3. The van der Waals surface area contributed by atoms with E-state index in [0.717, 1.165) is 4.90 Å². The van der Waals surface area contributed by atoms with Gasteiger partial charge in [-0.3, -0.25) is 19.4 Å². The molecule has 7 heteroatoms. The summed E-state index contributed by atoms with van der Waals surface area (Å²) in [7, 11) is 0. The van der Waals surface area contributed by atoms with Crippen LogP contribution >= 0.6 is 11.6 Å². The smallest absolute Gasteiger partial charge is 0.240 e. The van der Waals surface area contributed by atoms with Gasteiger partial charge in [0.1, 0.15) is 6.04 Å². The molecule has 5 rings (SSSR count). The zero-order valence-corrected chi connectivity index (χ0v) is 15.9. The highest BCUT2D eigenvalue weighted by molar-refractivity contribution is 6.31. The van der Waals surface area contributed by atoms with Crippen molar-refractivity contribution in [2.75, 3.05) is 4.90 Å². The Labute approximate surface area is 172 Å². The number of hydrogen-bond donors (Lipinski definition) is 0. The largest absolute Gasteiger partial charge is 0.292 e. The number of anilines is 1. The molecular formula is C22H16ClN3O3. The summed E-state index contributed by atoms with van der Waals surface area (Å²) in [6, 6.07) is 14.1. The third-order valence-corrected chi connectivity index (χ3v) is 5.92. The van der Waals surface area contributed by atoms with Crippen molar-refractivity contribution in [3.05, 3.63) is 77.3 Å². The lowest BCUT2D eigenvalue weighted by atomic mass is 9.86. The molecule has 0 N–H and O–H groups in total. The van der Waals surface area contributed by atoms with Crippen LogP contribution in [0.5, 0.6) is 0 Å². The molecular weight excluding hydrogens is 390 g/mol. The maximum Gasteiger partial charge on any atom is 0.240 e. The highest BCUT2D eigenvalue weighted by Gasteiger charge is 2.64. The number of hydrazone groups is 1. The molecule has 3 aliphatic heterocycles. The fourth-order valence-corrected chi connectivity index (χ4v) is 4.66. The number of amides is 2. The van der Waals surface area contributed by atoms with E-state index in [2.05, 4.69) is 5.10 Å². The third kappa shape index (κ3) is 2.63. The second-order valence-electron chi connectivity index (χ2n) is 7.24. The minimum absolute atomic E-state index is 0.218. The lowest BCUT2D eigenvalue weighted by molar-refractivity contribution is -0.123. The van der Waals surface area contributed by atoms with E-state index in [1.54, 1.807) is 65.8 Å². The molecule has 29 heavy (non-hydrogen) atoms. The van der Waals surface area contributed by atoms with Gasteiger partial charge in [0.25, 0.3) is 0 Å². The summed E-state index contributed by atoms with van der Waals surface area (Å²) in [6.45, 7) is 0. The van der Waals surface area contributed by atoms with Gasteiger partial charge in [0.2, 0.25) is 11.8 Å². The molecule has 0 aromatic heterocycles. The van der Waals surface area contributed by atoms with Gasteiger partial charge in [-0.1, -0.05) is 54.1 Å². The number of imide groups is 1. The molecule has 3 heterocycles. The first-order chi connectivity index (χ1) is 14.1. The lowest BCUT2D eigenvalue weighted by Gasteiger charge is -2.30. The SMILES string of the molecule is O=C(c1ccccc1)C1C2C(=O)N(c3cccc(Cl)c3)C(=O)C2C2C=CC=NN21. The van der Waals surface area contributed by atoms with E-state index in [-0.39, 0.29) is 11.7 Å². The fraction of sp³-hybridized carbons (Fsp3) is 0.182. The molecule has 144 valence electrons. The van der Waals surface area contributed by atoms with Crippen LogP contribution in [0.2, 0.25) is 5.02 Å². The van der Waals surface area contributed by atoms with E-state index in [9.17, 15) is 14.4 Å². The molecule has 0 radical (unpaired) electrons. The quantitative estimate of drug-likeness (QED) is 0.581. The van der Waals surface area contributed by atoms with Crippen molar-refractivity contribution in [2.45, 2.75) is 12.1 Å². The Balaban J connectivity index is 1.59. The number of Topliss-reactive ketones (excluding diaryl/α,β-unsaturated/α-hetero) is 1. The van der Waals surface area contributed by atoms with Gasteiger partial charge in [-0.05, 0) is 24.3 Å². The molecule has 2 fully saturated rings. The molecule has 4 atom stereocenters. The predicted octanol–water partition coefficient (Wildman–Crippen LogP) is 2.94. The van der Waals surface area contributed by atoms with Gasteiger partial charge in [-0.15, -0.1) is 0 Å². The molecule has 2 saturated heterocycles. The van der Waals surface area contributed by atoms with Crippen LogP contribution in [-0.2, 0) is 9.59 Å².